The first-order valence-electron chi connectivity index (χ1n) is 13.1. The van der Waals surface area contributed by atoms with Gasteiger partial charge in [0.15, 0.2) is 11.6 Å². The summed E-state index contributed by atoms with van der Waals surface area (Å²) in [6.07, 6.45) is 7.08. The highest BCUT2D eigenvalue weighted by Gasteiger charge is 2.18. The molecule has 0 spiro atoms. The topological polar surface area (TPSA) is 90.1 Å². The summed E-state index contributed by atoms with van der Waals surface area (Å²) in [6, 6.07) is 21.3. The molecule has 0 aliphatic rings. The average Bonchev–Trinajstić information content (AvgIpc) is 3.67. The highest BCUT2D eigenvalue weighted by molar-refractivity contribution is 5.61. The molecule has 0 unspecified atom stereocenters. The van der Waals surface area contributed by atoms with E-state index in [0.29, 0.717) is 18.3 Å². The number of unbranched alkanes of at least 4 members (excludes halogenated alkanes) is 1. The van der Waals surface area contributed by atoms with Crippen LogP contribution in [-0.4, -0.2) is 40.0 Å². The third-order valence-corrected chi connectivity index (χ3v) is 6.68. The molecule has 8 heteroatoms. The van der Waals surface area contributed by atoms with Crippen LogP contribution in [0, 0.1) is 0 Å². The average molecular weight is 495 g/mol. The van der Waals surface area contributed by atoms with E-state index in [1.807, 2.05) is 0 Å². The number of aromatic amines is 1. The quantitative estimate of drug-likeness (QED) is 0.260. The third kappa shape index (κ3) is 5.69. The van der Waals surface area contributed by atoms with E-state index in [1.165, 1.54) is 16.7 Å². The molecule has 5 rings (SSSR count). The van der Waals surface area contributed by atoms with Crippen LogP contribution in [0.3, 0.4) is 0 Å². The summed E-state index contributed by atoms with van der Waals surface area (Å²) in [7, 11) is 0. The van der Waals surface area contributed by atoms with Crippen LogP contribution in [0.5, 0.6) is 0 Å². The van der Waals surface area contributed by atoms with Gasteiger partial charge in [-0.05, 0) is 64.1 Å². The van der Waals surface area contributed by atoms with Gasteiger partial charge in [0.25, 0.3) is 0 Å². The first-order chi connectivity index (χ1) is 18.1. The molecule has 0 saturated heterocycles. The molecule has 0 bridgehead atoms. The van der Waals surface area contributed by atoms with Crippen molar-refractivity contribution in [2.24, 2.45) is 0 Å². The minimum atomic E-state index is 0.352. The van der Waals surface area contributed by atoms with Gasteiger partial charge in [-0.15, -0.1) is 5.10 Å². The summed E-state index contributed by atoms with van der Waals surface area (Å²) >= 11 is 0. The van der Waals surface area contributed by atoms with E-state index >= 15 is 0 Å². The fourth-order valence-corrected chi connectivity index (χ4v) is 4.65. The van der Waals surface area contributed by atoms with E-state index < -0.39 is 0 Å². The predicted octanol–water partition coefficient (Wildman–Crippen LogP) is 5.55. The largest absolute Gasteiger partial charge is 0.314 e. The molecule has 1 N–H and O–H groups in total. The van der Waals surface area contributed by atoms with Crippen LogP contribution in [0.1, 0.15) is 67.9 Å². The van der Waals surface area contributed by atoms with Crippen molar-refractivity contribution in [2.75, 3.05) is 0 Å². The van der Waals surface area contributed by atoms with E-state index in [9.17, 15) is 0 Å². The summed E-state index contributed by atoms with van der Waals surface area (Å²) < 4.78 is 4.23. The van der Waals surface area contributed by atoms with Gasteiger partial charge in [-0.25, -0.2) is 14.8 Å². The fraction of sp³-hybridized carbons (Fsp3) is 0.345. The Hall–Kier alpha value is -4.07. The summed E-state index contributed by atoms with van der Waals surface area (Å²) in [5.41, 5.74) is 5.77. The van der Waals surface area contributed by atoms with E-state index in [2.05, 4.69) is 118 Å². The number of aromatic nitrogens is 8. The molecule has 2 aromatic carbocycles. The lowest BCUT2D eigenvalue weighted by Gasteiger charge is -2.12. The molecule has 190 valence electrons. The number of hydrogen-bond donors (Lipinski definition) is 1. The Morgan fingerprint density at radius 3 is 2.41 bits per heavy atom. The van der Waals surface area contributed by atoms with Gasteiger partial charge in [0.05, 0.1) is 12.2 Å². The van der Waals surface area contributed by atoms with Gasteiger partial charge >= 0.3 is 0 Å². The SMILES string of the molecule is CCCCc1nc(CCc2ccccc2)nn1Cc1ccc(-n2ccc(C(C)C)c2-c2nnn[nH]2)cc1. The van der Waals surface area contributed by atoms with Gasteiger partial charge < -0.3 is 4.57 Å². The van der Waals surface area contributed by atoms with Crippen molar-refractivity contribution in [3.63, 3.8) is 0 Å². The Balaban J connectivity index is 1.36. The van der Waals surface area contributed by atoms with Gasteiger partial charge in [-0.2, -0.15) is 5.10 Å². The van der Waals surface area contributed by atoms with E-state index in [0.717, 1.165) is 55.1 Å². The standard InChI is InChI=1S/C29H34N8/c1-4-5-11-27-30-26(17-14-22-9-7-6-8-10-22)33-37(27)20-23-12-15-24(16-13-23)36-19-18-25(21(2)3)28(36)29-31-34-35-32-29/h6-10,12-13,15-16,18-19,21H,4-5,11,14,17,20H2,1-3H3,(H,31,32,34,35). The van der Waals surface area contributed by atoms with Crippen LogP contribution in [0.4, 0.5) is 0 Å². The molecule has 0 atom stereocenters. The van der Waals surface area contributed by atoms with Crippen molar-refractivity contribution in [3.8, 4) is 17.2 Å². The molecule has 0 amide bonds. The number of tetrazole rings is 1. The summed E-state index contributed by atoms with van der Waals surface area (Å²) in [6.45, 7) is 7.28. The first-order valence-corrected chi connectivity index (χ1v) is 13.1. The monoisotopic (exact) mass is 494 g/mol. The molecule has 5 aromatic rings. The predicted molar refractivity (Wildman–Crippen MR) is 145 cm³/mol. The Bertz CT molecular complexity index is 1400. The zero-order chi connectivity index (χ0) is 25.6. The highest BCUT2D eigenvalue weighted by Crippen LogP contribution is 2.30. The van der Waals surface area contributed by atoms with Crippen LogP contribution in [0.15, 0.2) is 66.9 Å². The summed E-state index contributed by atoms with van der Waals surface area (Å²) in [5.74, 6) is 3.01. The zero-order valence-electron chi connectivity index (χ0n) is 21.8. The lowest BCUT2D eigenvalue weighted by Crippen LogP contribution is -2.08. The van der Waals surface area contributed by atoms with Crippen molar-refractivity contribution in [1.82, 2.24) is 40.0 Å². The van der Waals surface area contributed by atoms with Crippen molar-refractivity contribution >= 4 is 0 Å². The minimum Gasteiger partial charge on any atom is -0.314 e. The number of benzene rings is 2. The lowest BCUT2D eigenvalue weighted by molar-refractivity contribution is 0.613. The summed E-state index contributed by atoms with van der Waals surface area (Å²) in [4.78, 5) is 4.91. The Kier molecular flexibility index (Phi) is 7.54. The van der Waals surface area contributed by atoms with Crippen LogP contribution >= 0.6 is 0 Å². The molecule has 8 nitrogen and oxygen atoms in total. The third-order valence-electron chi connectivity index (χ3n) is 6.68. The molecule has 0 saturated carbocycles. The molecule has 3 heterocycles. The maximum atomic E-state index is 4.91. The van der Waals surface area contributed by atoms with Crippen molar-refractivity contribution in [3.05, 3.63) is 95.2 Å². The smallest absolute Gasteiger partial charge is 0.196 e. The van der Waals surface area contributed by atoms with E-state index in [4.69, 9.17) is 10.1 Å². The zero-order valence-corrected chi connectivity index (χ0v) is 21.8. The number of aryl methyl sites for hydroxylation is 3. The Morgan fingerprint density at radius 1 is 0.892 bits per heavy atom. The maximum absolute atomic E-state index is 4.91. The van der Waals surface area contributed by atoms with Gasteiger partial charge in [0.1, 0.15) is 5.82 Å². The Morgan fingerprint density at radius 2 is 1.70 bits per heavy atom. The molecule has 0 aliphatic heterocycles. The Labute approximate surface area is 217 Å². The lowest BCUT2D eigenvalue weighted by atomic mass is 10.0. The number of H-pyrrole nitrogens is 1. The molecule has 37 heavy (non-hydrogen) atoms. The number of rotatable bonds is 11. The molecular formula is C29H34N8. The maximum Gasteiger partial charge on any atom is 0.196 e. The normalized spacial score (nSPS) is 11.5. The first kappa shape index (κ1) is 24.6. The second kappa shape index (κ2) is 11.3. The molecule has 0 aliphatic carbocycles. The number of nitrogens with zero attached hydrogens (tertiary/aromatic N) is 7. The molecular weight excluding hydrogens is 460 g/mol. The van der Waals surface area contributed by atoms with Gasteiger partial charge in [-0.1, -0.05) is 69.7 Å². The molecule has 0 radical (unpaired) electrons. The molecule has 0 fully saturated rings. The van der Waals surface area contributed by atoms with Crippen LogP contribution in [-0.2, 0) is 25.8 Å². The van der Waals surface area contributed by atoms with Crippen LogP contribution < -0.4 is 0 Å². The van der Waals surface area contributed by atoms with E-state index in [-0.39, 0.29) is 0 Å². The highest BCUT2D eigenvalue weighted by atomic mass is 15.5. The number of hydrogen-bond acceptors (Lipinski definition) is 5. The second-order valence-electron chi connectivity index (χ2n) is 9.75. The van der Waals surface area contributed by atoms with Crippen molar-refractivity contribution in [1.29, 1.82) is 0 Å². The van der Waals surface area contributed by atoms with Gasteiger partial charge in [0.2, 0.25) is 0 Å². The van der Waals surface area contributed by atoms with Gasteiger partial charge in [-0.3, -0.25) is 0 Å². The summed E-state index contributed by atoms with van der Waals surface area (Å²) in [5, 5.41) is 19.6. The fourth-order valence-electron chi connectivity index (χ4n) is 4.65. The van der Waals surface area contributed by atoms with Crippen LogP contribution in [0.25, 0.3) is 17.2 Å². The second-order valence-corrected chi connectivity index (χ2v) is 9.75. The van der Waals surface area contributed by atoms with E-state index in [1.54, 1.807) is 0 Å². The van der Waals surface area contributed by atoms with Crippen LogP contribution in [0.2, 0.25) is 0 Å². The minimum absolute atomic E-state index is 0.352. The van der Waals surface area contributed by atoms with Crippen molar-refractivity contribution in [2.45, 2.75) is 65.3 Å². The van der Waals surface area contributed by atoms with Crippen molar-refractivity contribution < 1.29 is 0 Å². The molecule has 3 aromatic heterocycles. The number of nitrogens with one attached hydrogen (secondary N) is 1. The van der Waals surface area contributed by atoms with Gasteiger partial charge in [0, 0.05) is 24.7 Å².